The molecule has 1 aliphatic carbocycles. The summed E-state index contributed by atoms with van der Waals surface area (Å²) < 4.78 is 8.13. The first-order chi connectivity index (χ1) is 13.6. The van der Waals surface area contributed by atoms with Crippen molar-refractivity contribution in [3.05, 3.63) is 42.0 Å². The molecule has 0 aromatic carbocycles. The smallest absolute Gasteiger partial charge is 0.127 e. The Hall–Kier alpha value is -2.56. The second-order valence-electron chi connectivity index (χ2n) is 8.03. The predicted molar refractivity (Wildman–Crippen MR) is 114 cm³/mol. The Kier molecular flexibility index (Phi) is 5.00. The highest BCUT2D eigenvalue weighted by atomic mass is 16.5. The van der Waals surface area contributed by atoms with Crippen LogP contribution in [0, 0.1) is 6.92 Å². The molecule has 3 aromatic heterocycles. The molecular formula is C23H30N4O. The molecule has 0 radical (unpaired) electrons. The monoisotopic (exact) mass is 378 g/mol. The van der Waals surface area contributed by atoms with E-state index >= 15 is 0 Å². The van der Waals surface area contributed by atoms with Gasteiger partial charge in [0.1, 0.15) is 17.9 Å². The molecule has 0 amide bonds. The molecule has 0 bridgehead atoms. The van der Waals surface area contributed by atoms with Crippen LogP contribution in [-0.4, -0.2) is 21.0 Å². The molecule has 1 fully saturated rings. The first-order valence-corrected chi connectivity index (χ1v) is 10.5. The van der Waals surface area contributed by atoms with Gasteiger partial charge in [-0.25, -0.2) is 4.98 Å². The molecule has 28 heavy (non-hydrogen) atoms. The van der Waals surface area contributed by atoms with E-state index in [4.69, 9.17) is 15.5 Å². The largest absolute Gasteiger partial charge is 0.493 e. The van der Waals surface area contributed by atoms with Gasteiger partial charge in [-0.3, -0.25) is 4.98 Å². The van der Waals surface area contributed by atoms with Crippen LogP contribution in [-0.2, 0) is 5.41 Å². The van der Waals surface area contributed by atoms with Crippen LogP contribution in [0.25, 0.3) is 16.8 Å². The van der Waals surface area contributed by atoms with Gasteiger partial charge in [-0.05, 0) is 38.7 Å². The zero-order chi connectivity index (χ0) is 19.7. The lowest BCUT2D eigenvalue weighted by molar-refractivity contribution is 0.314. The van der Waals surface area contributed by atoms with E-state index in [9.17, 15) is 0 Å². The Labute approximate surface area is 167 Å². The summed E-state index contributed by atoms with van der Waals surface area (Å²) in [6.45, 7) is 7.22. The van der Waals surface area contributed by atoms with Crippen LogP contribution in [0.5, 0.6) is 5.75 Å². The van der Waals surface area contributed by atoms with Gasteiger partial charge in [0.05, 0.1) is 23.5 Å². The van der Waals surface area contributed by atoms with E-state index in [0.29, 0.717) is 12.4 Å². The van der Waals surface area contributed by atoms with Crippen LogP contribution < -0.4 is 10.5 Å². The lowest BCUT2D eigenvalue weighted by Gasteiger charge is -2.28. The van der Waals surface area contributed by atoms with Gasteiger partial charge >= 0.3 is 0 Å². The van der Waals surface area contributed by atoms with E-state index in [2.05, 4.69) is 48.4 Å². The fourth-order valence-electron chi connectivity index (χ4n) is 4.54. The lowest BCUT2D eigenvalue weighted by atomic mass is 9.79. The molecule has 0 aliphatic heterocycles. The van der Waals surface area contributed by atoms with E-state index in [0.717, 1.165) is 41.1 Å². The molecule has 0 saturated heterocycles. The highest BCUT2D eigenvalue weighted by molar-refractivity contribution is 5.81. The minimum absolute atomic E-state index is 0.172. The minimum Gasteiger partial charge on any atom is -0.493 e. The minimum atomic E-state index is 0.172. The van der Waals surface area contributed by atoms with Gasteiger partial charge in [-0.15, -0.1) is 0 Å². The number of anilines is 1. The van der Waals surface area contributed by atoms with Crippen molar-refractivity contribution < 1.29 is 4.74 Å². The normalized spacial score (nSPS) is 16.0. The second-order valence-corrected chi connectivity index (χ2v) is 8.03. The molecule has 3 heterocycles. The van der Waals surface area contributed by atoms with E-state index in [1.165, 1.54) is 31.4 Å². The van der Waals surface area contributed by atoms with Gasteiger partial charge in [-0.2, -0.15) is 0 Å². The topological polar surface area (TPSA) is 65.4 Å². The van der Waals surface area contributed by atoms with Gasteiger partial charge < -0.3 is 14.9 Å². The van der Waals surface area contributed by atoms with Crippen molar-refractivity contribution in [3.63, 3.8) is 0 Å². The summed E-state index contributed by atoms with van der Waals surface area (Å²) in [5, 5.41) is 0. The third-order valence-corrected chi connectivity index (χ3v) is 6.20. The van der Waals surface area contributed by atoms with Crippen LogP contribution in [0.2, 0.25) is 0 Å². The van der Waals surface area contributed by atoms with Gasteiger partial charge in [0, 0.05) is 34.9 Å². The summed E-state index contributed by atoms with van der Waals surface area (Å²) in [4.78, 5) is 9.41. The van der Waals surface area contributed by atoms with Crippen LogP contribution >= 0.6 is 0 Å². The zero-order valence-corrected chi connectivity index (χ0v) is 17.2. The molecular weight excluding hydrogens is 348 g/mol. The number of nitrogen functional groups attached to an aromatic ring is 1. The summed E-state index contributed by atoms with van der Waals surface area (Å²) >= 11 is 0. The summed E-state index contributed by atoms with van der Waals surface area (Å²) in [6, 6.07) is 8.34. The first kappa shape index (κ1) is 18.8. The average molecular weight is 379 g/mol. The summed E-state index contributed by atoms with van der Waals surface area (Å²) in [5.74, 6) is 1.44. The number of aryl methyl sites for hydroxylation is 1. The number of aromatic nitrogens is 3. The Bertz CT molecular complexity index is 986. The second kappa shape index (κ2) is 7.46. The highest BCUT2D eigenvalue weighted by Gasteiger charge is 2.36. The molecule has 0 atom stereocenters. The van der Waals surface area contributed by atoms with Crippen molar-refractivity contribution in [2.24, 2.45) is 0 Å². The maximum Gasteiger partial charge on any atom is 0.127 e. The Morgan fingerprint density at radius 1 is 1.14 bits per heavy atom. The molecule has 1 aliphatic rings. The zero-order valence-electron chi connectivity index (χ0n) is 17.2. The van der Waals surface area contributed by atoms with Crippen LogP contribution in [0.1, 0.15) is 63.8 Å². The van der Waals surface area contributed by atoms with Crippen molar-refractivity contribution in [1.82, 2.24) is 14.4 Å². The molecule has 5 heteroatoms. The fraction of sp³-hybridized carbons (Fsp3) is 0.478. The summed E-state index contributed by atoms with van der Waals surface area (Å²) in [5.41, 5.74) is 11.5. The number of pyridine rings is 1. The standard InChI is InChI=1S/C23H30N4O/c1-4-10-28-17-12-19(26-21(13-17)23(5-2)8-6-7-9-23)18-11-16(3)27-15-25-22(24)14-20(18)27/h11-15H,4-10,24H2,1-3H3. The number of fused-ring (bicyclic) bond motifs is 1. The van der Waals surface area contributed by atoms with Crippen LogP contribution in [0.3, 0.4) is 0 Å². The molecule has 0 spiro atoms. The fourth-order valence-corrected chi connectivity index (χ4v) is 4.54. The van der Waals surface area contributed by atoms with Crippen molar-refractivity contribution in [2.75, 3.05) is 12.3 Å². The molecule has 2 N–H and O–H groups in total. The summed E-state index contributed by atoms with van der Waals surface area (Å²) in [7, 11) is 0. The highest BCUT2D eigenvalue weighted by Crippen LogP contribution is 2.44. The number of ether oxygens (including phenoxy) is 1. The molecule has 3 aromatic rings. The molecule has 148 valence electrons. The number of hydrogen-bond acceptors (Lipinski definition) is 4. The summed E-state index contributed by atoms with van der Waals surface area (Å²) in [6.07, 6.45) is 8.86. The van der Waals surface area contributed by atoms with Crippen molar-refractivity contribution in [3.8, 4) is 17.0 Å². The van der Waals surface area contributed by atoms with Gasteiger partial charge in [0.25, 0.3) is 0 Å². The molecule has 5 nitrogen and oxygen atoms in total. The Morgan fingerprint density at radius 3 is 2.64 bits per heavy atom. The van der Waals surface area contributed by atoms with Gasteiger partial charge in [-0.1, -0.05) is 26.7 Å². The number of rotatable bonds is 6. The average Bonchev–Trinajstić information content (AvgIpc) is 3.32. The Balaban J connectivity index is 1.89. The number of nitrogens with two attached hydrogens (primary N) is 1. The van der Waals surface area contributed by atoms with Crippen molar-refractivity contribution >= 4 is 11.3 Å². The van der Waals surface area contributed by atoms with E-state index < -0.39 is 0 Å². The number of hydrogen-bond donors (Lipinski definition) is 1. The Morgan fingerprint density at radius 2 is 1.93 bits per heavy atom. The predicted octanol–water partition coefficient (Wildman–Crippen LogP) is 5.30. The van der Waals surface area contributed by atoms with Gasteiger partial charge in [0.15, 0.2) is 0 Å². The van der Waals surface area contributed by atoms with E-state index in [1.807, 2.05) is 6.07 Å². The van der Waals surface area contributed by atoms with Crippen LogP contribution in [0.15, 0.2) is 30.6 Å². The SMILES string of the molecule is CCCOc1cc(-c2cc(C)n3cnc(N)cc23)nc(C2(CC)CCCC2)c1. The van der Waals surface area contributed by atoms with E-state index in [-0.39, 0.29) is 5.41 Å². The molecule has 0 unspecified atom stereocenters. The third-order valence-electron chi connectivity index (χ3n) is 6.20. The maximum absolute atomic E-state index is 6.07. The van der Waals surface area contributed by atoms with Crippen molar-refractivity contribution in [2.45, 2.75) is 64.7 Å². The van der Waals surface area contributed by atoms with Gasteiger partial charge in [0.2, 0.25) is 0 Å². The van der Waals surface area contributed by atoms with Crippen LogP contribution in [0.4, 0.5) is 5.82 Å². The molecule has 4 rings (SSSR count). The van der Waals surface area contributed by atoms with E-state index in [1.54, 1.807) is 6.33 Å². The quantitative estimate of drug-likeness (QED) is 0.632. The van der Waals surface area contributed by atoms with Crippen molar-refractivity contribution in [1.29, 1.82) is 0 Å². The third kappa shape index (κ3) is 3.23. The maximum atomic E-state index is 6.07. The number of nitrogens with zero attached hydrogens (tertiary/aromatic N) is 3. The first-order valence-electron chi connectivity index (χ1n) is 10.5. The molecule has 1 saturated carbocycles. The lowest BCUT2D eigenvalue weighted by Crippen LogP contribution is -2.22.